The second-order valence-electron chi connectivity index (χ2n) is 5.74. The van der Waals surface area contributed by atoms with Gasteiger partial charge in [-0.05, 0) is 45.3 Å². The molecule has 114 valence electrons. The Balaban J connectivity index is 4.19. The highest BCUT2D eigenvalue weighted by Gasteiger charge is 2.29. The molecule has 0 saturated carbocycles. The molecule has 0 fully saturated rings. The maximum atomic E-state index is 11.5. The van der Waals surface area contributed by atoms with Crippen molar-refractivity contribution >= 4 is 5.91 Å². The monoisotopic (exact) mass is 271 g/mol. The van der Waals surface area contributed by atoms with E-state index in [9.17, 15) is 4.79 Å². The Labute approximate surface area is 119 Å². The van der Waals surface area contributed by atoms with Crippen molar-refractivity contribution in [1.82, 2.24) is 10.2 Å². The third kappa shape index (κ3) is 6.92. The maximum absolute atomic E-state index is 11.5. The molecule has 0 aromatic carbocycles. The molecule has 1 amide bonds. The van der Waals surface area contributed by atoms with Crippen LogP contribution in [-0.4, -0.2) is 42.5 Å². The average molecular weight is 271 g/mol. The van der Waals surface area contributed by atoms with Crippen LogP contribution in [0.2, 0.25) is 0 Å². The fourth-order valence-electron chi connectivity index (χ4n) is 2.29. The number of likely N-dealkylation sites (N-methyl/N-ethyl adjacent to an activating group) is 1. The van der Waals surface area contributed by atoms with Gasteiger partial charge in [0.2, 0.25) is 5.91 Å². The van der Waals surface area contributed by atoms with Gasteiger partial charge >= 0.3 is 0 Å². The van der Waals surface area contributed by atoms with Crippen LogP contribution in [0, 0.1) is 5.92 Å². The third-order valence-corrected chi connectivity index (χ3v) is 3.98. The van der Waals surface area contributed by atoms with Crippen LogP contribution < -0.4 is 11.1 Å². The quantitative estimate of drug-likeness (QED) is 0.604. The minimum Gasteiger partial charge on any atom is -0.368 e. The van der Waals surface area contributed by atoms with Crippen molar-refractivity contribution < 1.29 is 4.79 Å². The highest BCUT2D eigenvalue weighted by Crippen LogP contribution is 2.13. The molecule has 0 aliphatic carbocycles. The summed E-state index contributed by atoms with van der Waals surface area (Å²) in [5, 5.41) is 3.21. The van der Waals surface area contributed by atoms with Gasteiger partial charge < -0.3 is 16.0 Å². The molecular weight excluding hydrogens is 238 g/mol. The predicted molar refractivity (Wildman–Crippen MR) is 82.1 cm³/mol. The second-order valence-corrected chi connectivity index (χ2v) is 5.74. The van der Waals surface area contributed by atoms with Gasteiger partial charge in [-0.25, -0.2) is 0 Å². The van der Waals surface area contributed by atoms with Crippen molar-refractivity contribution in [3.05, 3.63) is 0 Å². The molecule has 0 heterocycles. The Kier molecular flexibility index (Phi) is 9.02. The highest BCUT2D eigenvalue weighted by molar-refractivity contribution is 5.84. The largest absolute Gasteiger partial charge is 0.368 e. The molecular formula is C15H33N3O. The first-order chi connectivity index (χ1) is 8.89. The molecule has 2 atom stereocenters. The summed E-state index contributed by atoms with van der Waals surface area (Å²) in [6, 6.07) is 0. The van der Waals surface area contributed by atoms with Crippen LogP contribution in [0.4, 0.5) is 0 Å². The lowest BCUT2D eigenvalue weighted by Gasteiger charge is -2.29. The van der Waals surface area contributed by atoms with Crippen molar-refractivity contribution in [1.29, 1.82) is 0 Å². The number of rotatable bonds is 11. The Morgan fingerprint density at radius 3 is 2.42 bits per heavy atom. The summed E-state index contributed by atoms with van der Waals surface area (Å²) in [5.41, 5.74) is 4.93. The molecule has 2 unspecified atom stereocenters. The van der Waals surface area contributed by atoms with E-state index in [1.807, 2.05) is 13.8 Å². The maximum Gasteiger partial charge on any atom is 0.237 e. The Bertz CT molecular complexity index is 258. The summed E-state index contributed by atoms with van der Waals surface area (Å²) >= 11 is 0. The van der Waals surface area contributed by atoms with E-state index in [2.05, 4.69) is 31.0 Å². The summed E-state index contributed by atoms with van der Waals surface area (Å²) in [4.78, 5) is 14.0. The number of hydrogen-bond donors (Lipinski definition) is 2. The number of nitrogens with two attached hydrogens (primary N) is 1. The zero-order valence-electron chi connectivity index (χ0n) is 13.5. The van der Waals surface area contributed by atoms with E-state index < -0.39 is 5.54 Å². The zero-order valence-corrected chi connectivity index (χ0v) is 13.5. The fourth-order valence-corrected chi connectivity index (χ4v) is 2.29. The lowest BCUT2D eigenvalue weighted by molar-refractivity contribution is -0.124. The van der Waals surface area contributed by atoms with Crippen LogP contribution in [-0.2, 0) is 4.79 Å². The van der Waals surface area contributed by atoms with Crippen LogP contribution in [0.25, 0.3) is 0 Å². The van der Waals surface area contributed by atoms with Crippen molar-refractivity contribution in [2.75, 3.05) is 26.2 Å². The predicted octanol–water partition coefficient (Wildman–Crippen LogP) is 1.99. The van der Waals surface area contributed by atoms with Crippen molar-refractivity contribution in [3.63, 3.8) is 0 Å². The van der Waals surface area contributed by atoms with E-state index >= 15 is 0 Å². The summed E-state index contributed by atoms with van der Waals surface area (Å²) in [5.74, 6) is 0.482. The van der Waals surface area contributed by atoms with Gasteiger partial charge in [-0.3, -0.25) is 4.79 Å². The van der Waals surface area contributed by atoms with Crippen LogP contribution in [0.15, 0.2) is 0 Å². The topological polar surface area (TPSA) is 58.4 Å². The first-order valence-electron chi connectivity index (χ1n) is 7.66. The minimum atomic E-state index is -0.565. The van der Waals surface area contributed by atoms with E-state index in [4.69, 9.17) is 5.73 Å². The molecule has 0 spiro atoms. The highest BCUT2D eigenvalue weighted by atomic mass is 16.1. The smallest absolute Gasteiger partial charge is 0.237 e. The van der Waals surface area contributed by atoms with E-state index in [0.29, 0.717) is 0 Å². The minimum absolute atomic E-state index is 0.251. The second kappa shape index (κ2) is 9.32. The molecule has 0 rings (SSSR count). The first kappa shape index (κ1) is 18.4. The molecule has 0 aromatic rings. The molecule has 0 aliphatic rings. The summed E-state index contributed by atoms with van der Waals surface area (Å²) < 4.78 is 0. The molecule has 3 N–H and O–H groups in total. The van der Waals surface area contributed by atoms with Crippen molar-refractivity contribution in [3.8, 4) is 0 Å². The Morgan fingerprint density at radius 2 is 2.00 bits per heavy atom. The molecule has 0 radical (unpaired) electrons. The van der Waals surface area contributed by atoms with Crippen molar-refractivity contribution in [2.45, 2.75) is 59.4 Å². The standard InChI is InChI=1S/C15H33N3O/c1-6-13(4)12-18(8-3)11-9-10-15(5,14(16)19)17-7-2/h13,17H,6-12H2,1-5H3,(H2,16,19). The molecule has 19 heavy (non-hydrogen) atoms. The summed E-state index contributed by atoms with van der Waals surface area (Å²) in [7, 11) is 0. The van der Waals surface area contributed by atoms with Crippen LogP contribution >= 0.6 is 0 Å². The van der Waals surface area contributed by atoms with Gasteiger partial charge in [0.1, 0.15) is 0 Å². The van der Waals surface area contributed by atoms with E-state index in [0.717, 1.165) is 44.9 Å². The van der Waals surface area contributed by atoms with Gasteiger partial charge in [0, 0.05) is 6.54 Å². The lowest BCUT2D eigenvalue weighted by Crippen LogP contribution is -2.53. The van der Waals surface area contributed by atoms with Crippen LogP contribution in [0.5, 0.6) is 0 Å². The van der Waals surface area contributed by atoms with Gasteiger partial charge in [-0.1, -0.05) is 34.1 Å². The number of carbonyl (C=O) groups is 1. The molecule has 0 aromatic heterocycles. The molecule has 4 heteroatoms. The number of nitrogens with one attached hydrogen (secondary N) is 1. The number of carbonyl (C=O) groups excluding carboxylic acids is 1. The van der Waals surface area contributed by atoms with E-state index in [-0.39, 0.29) is 5.91 Å². The molecule has 4 nitrogen and oxygen atoms in total. The number of amides is 1. The van der Waals surface area contributed by atoms with Crippen LogP contribution in [0.1, 0.15) is 53.9 Å². The summed E-state index contributed by atoms with van der Waals surface area (Å²) in [6.45, 7) is 14.6. The summed E-state index contributed by atoms with van der Waals surface area (Å²) in [6.07, 6.45) is 3.01. The van der Waals surface area contributed by atoms with Gasteiger partial charge in [-0.2, -0.15) is 0 Å². The third-order valence-electron chi connectivity index (χ3n) is 3.98. The Morgan fingerprint density at radius 1 is 1.37 bits per heavy atom. The van der Waals surface area contributed by atoms with Gasteiger partial charge in [0.15, 0.2) is 0 Å². The Hall–Kier alpha value is -0.610. The van der Waals surface area contributed by atoms with Crippen LogP contribution in [0.3, 0.4) is 0 Å². The van der Waals surface area contributed by atoms with Crippen molar-refractivity contribution in [2.24, 2.45) is 11.7 Å². The molecule has 0 saturated heterocycles. The van der Waals surface area contributed by atoms with Gasteiger partial charge in [0.05, 0.1) is 5.54 Å². The van der Waals surface area contributed by atoms with Gasteiger partial charge in [0.25, 0.3) is 0 Å². The SMILES string of the molecule is CCNC(C)(CCCN(CC)CC(C)CC)C(N)=O. The lowest BCUT2D eigenvalue weighted by atomic mass is 9.94. The molecule has 0 aliphatic heterocycles. The zero-order chi connectivity index (χ0) is 14.9. The van der Waals surface area contributed by atoms with E-state index in [1.54, 1.807) is 0 Å². The van der Waals surface area contributed by atoms with Gasteiger partial charge in [-0.15, -0.1) is 0 Å². The normalized spacial score (nSPS) is 16.3. The van der Waals surface area contributed by atoms with E-state index in [1.165, 1.54) is 6.42 Å². The molecule has 0 bridgehead atoms. The fraction of sp³-hybridized carbons (Fsp3) is 0.933. The number of nitrogens with zero attached hydrogens (tertiary/aromatic N) is 1. The first-order valence-corrected chi connectivity index (χ1v) is 7.66. The number of hydrogen-bond acceptors (Lipinski definition) is 3. The average Bonchev–Trinajstić information content (AvgIpc) is 2.37. The number of primary amides is 1.